The van der Waals surface area contributed by atoms with E-state index in [1.807, 2.05) is 23.2 Å². The van der Waals surface area contributed by atoms with Crippen molar-refractivity contribution in [3.63, 3.8) is 0 Å². The van der Waals surface area contributed by atoms with Gasteiger partial charge in [0.05, 0.1) is 19.5 Å². The Balaban J connectivity index is 2.35. The van der Waals surface area contributed by atoms with Crippen molar-refractivity contribution < 1.29 is 0 Å². The molecule has 0 bridgehead atoms. The first kappa shape index (κ1) is 13.9. The van der Waals surface area contributed by atoms with E-state index >= 15 is 0 Å². The van der Waals surface area contributed by atoms with Gasteiger partial charge < -0.3 is 0 Å². The van der Waals surface area contributed by atoms with Crippen LogP contribution in [0.1, 0.15) is 13.8 Å². The lowest BCUT2D eigenvalue weighted by Crippen LogP contribution is -1.96. The third kappa shape index (κ3) is 2.73. The maximum absolute atomic E-state index is 4.30. The Morgan fingerprint density at radius 2 is 1.33 bits per heavy atom. The molecule has 2 heterocycles. The van der Waals surface area contributed by atoms with Crippen molar-refractivity contribution in [2.24, 2.45) is 10.2 Å². The van der Waals surface area contributed by atoms with Gasteiger partial charge in [-0.05, 0) is 59.0 Å². The largest absolute Gasteiger partial charge is 0.246 e. The zero-order chi connectivity index (χ0) is 13.1. The van der Waals surface area contributed by atoms with Gasteiger partial charge in [-0.25, -0.2) is 9.36 Å². The van der Waals surface area contributed by atoms with Gasteiger partial charge >= 0.3 is 0 Å². The topological polar surface area (TPSA) is 60.4 Å². The van der Waals surface area contributed by atoms with Crippen LogP contribution in [0.2, 0.25) is 0 Å². The first-order chi connectivity index (χ1) is 8.67. The van der Waals surface area contributed by atoms with Crippen LogP contribution in [-0.4, -0.2) is 19.6 Å². The highest BCUT2D eigenvalue weighted by Crippen LogP contribution is 2.26. The second-order valence-corrected chi connectivity index (χ2v) is 5.79. The monoisotopic (exact) mass is 470 g/mol. The van der Waals surface area contributed by atoms with E-state index in [1.165, 1.54) is 0 Å². The van der Waals surface area contributed by atoms with Gasteiger partial charge in [-0.2, -0.15) is 10.2 Å². The van der Waals surface area contributed by atoms with Gasteiger partial charge in [-0.3, -0.25) is 0 Å². The summed E-state index contributed by atoms with van der Waals surface area (Å²) in [4.78, 5) is 0. The molecule has 0 saturated carbocycles. The van der Waals surface area contributed by atoms with E-state index in [0.717, 1.165) is 31.9 Å². The van der Waals surface area contributed by atoms with Gasteiger partial charge in [0, 0.05) is 13.1 Å². The maximum Gasteiger partial charge on any atom is 0.186 e. The predicted octanol–water partition coefficient (Wildman–Crippen LogP) is 3.74. The summed E-state index contributed by atoms with van der Waals surface area (Å²) in [6, 6.07) is 0. The Kier molecular flexibility index (Phi) is 4.70. The molecule has 2 aromatic heterocycles. The fourth-order valence-electron chi connectivity index (χ4n) is 1.47. The summed E-state index contributed by atoms with van der Waals surface area (Å²) >= 11 is 4.42. The van der Waals surface area contributed by atoms with Crippen molar-refractivity contribution in [2.45, 2.75) is 26.9 Å². The standard InChI is InChI=1S/C10H12I2N6/c1-3-17-9(7(11)5-13-17)15-16-10-8(12)6-14-18(10)4-2/h5-6H,3-4H2,1-2H3. The van der Waals surface area contributed by atoms with Crippen molar-refractivity contribution in [3.05, 3.63) is 19.5 Å². The number of azo groups is 1. The lowest BCUT2D eigenvalue weighted by molar-refractivity contribution is 0.649. The summed E-state index contributed by atoms with van der Waals surface area (Å²) in [5.74, 6) is 1.58. The van der Waals surface area contributed by atoms with Crippen LogP contribution in [0.25, 0.3) is 0 Å². The zero-order valence-electron chi connectivity index (χ0n) is 10.0. The lowest BCUT2D eigenvalue weighted by Gasteiger charge is -2.00. The minimum atomic E-state index is 0.779. The van der Waals surface area contributed by atoms with E-state index < -0.39 is 0 Å². The fraction of sp³-hybridized carbons (Fsp3) is 0.400. The molecular weight excluding hydrogens is 458 g/mol. The highest BCUT2D eigenvalue weighted by molar-refractivity contribution is 14.1. The van der Waals surface area contributed by atoms with Crippen LogP contribution < -0.4 is 0 Å². The summed E-state index contributed by atoms with van der Waals surface area (Å²) < 4.78 is 5.64. The van der Waals surface area contributed by atoms with Crippen LogP contribution in [-0.2, 0) is 13.1 Å². The number of hydrogen-bond acceptors (Lipinski definition) is 4. The Labute approximate surface area is 132 Å². The molecule has 0 radical (unpaired) electrons. The van der Waals surface area contributed by atoms with Crippen molar-refractivity contribution in [3.8, 4) is 0 Å². The van der Waals surface area contributed by atoms with E-state index in [2.05, 4.69) is 65.6 Å². The lowest BCUT2D eigenvalue weighted by atomic mass is 10.6. The quantitative estimate of drug-likeness (QED) is 0.505. The minimum Gasteiger partial charge on any atom is -0.246 e. The second-order valence-electron chi connectivity index (χ2n) is 3.46. The first-order valence-corrected chi connectivity index (χ1v) is 7.67. The summed E-state index contributed by atoms with van der Waals surface area (Å²) in [5.41, 5.74) is 0. The molecule has 0 aliphatic heterocycles. The van der Waals surface area contributed by atoms with Crippen molar-refractivity contribution in [1.29, 1.82) is 0 Å². The molecule has 0 unspecified atom stereocenters. The molecule has 2 aromatic rings. The molecule has 0 aliphatic carbocycles. The Bertz CT molecular complexity index is 521. The van der Waals surface area contributed by atoms with Crippen LogP contribution >= 0.6 is 45.2 Å². The number of halogens is 2. The average molecular weight is 470 g/mol. The number of aromatic nitrogens is 4. The SMILES string of the molecule is CCn1ncc(I)c1N=Nc1c(I)cnn1CC. The smallest absolute Gasteiger partial charge is 0.186 e. The highest BCUT2D eigenvalue weighted by Gasteiger charge is 2.09. The first-order valence-electron chi connectivity index (χ1n) is 5.51. The maximum atomic E-state index is 4.30. The molecule has 0 aliphatic rings. The molecule has 8 heteroatoms. The van der Waals surface area contributed by atoms with Crippen LogP contribution in [0, 0.1) is 7.14 Å². The zero-order valence-corrected chi connectivity index (χ0v) is 14.3. The number of hydrogen-bond donors (Lipinski definition) is 0. The highest BCUT2D eigenvalue weighted by atomic mass is 127. The van der Waals surface area contributed by atoms with E-state index in [1.54, 1.807) is 12.4 Å². The predicted molar refractivity (Wildman–Crippen MR) is 85.4 cm³/mol. The molecule has 0 spiro atoms. The van der Waals surface area contributed by atoms with Gasteiger partial charge in [0.2, 0.25) is 0 Å². The van der Waals surface area contributed by atoms with Crippen LogP contribution in [0.5, 0.6) is 0 Å². The third-order valence-electron chi connectivity index (χ3n) is 2.38. The molecule has 0 N–H and O–H groups in total. The third-order valence-corrected chi connectivity index (χ3v) is 3.90. The second kappa shape index (κ2) is 6.08. The van der Waals surface area contributed by atoms with Gasteiger partial charge in [0.25, 0.3) is 0 Å². The van der Waals surface area contributed by atoms with Gasteiger partial charge in [-0.15, -0.1) is 10.2 Å². The molecule has 0 atom stereocenters. The Morgan fingerprint density at radius 3 is 1.67 bits per heavy atom. The van der Waals surface area contributed by atoms with E-state index in [9.17, 15) is 0 Å². The average Bonchev–Trinajstić information content (AvgIpc) is 2.90. The van der Waals surface area contributed by atoms with E-state index in [4.69, 9.17) is 0 Å². The molecule has 96 valence electrons. The van der Waals surface area contributed by atoms with Crippen molar-refractivity contribution >= 4 is 56.8 Å². The Morgan fingerprint density at radius 1 is 0.944 bits per heavy atom. The summed E-state index contributed by atoms with van der Waals surface area (Å²) in [6.45, 7) is 5.62. The normalized spacial score (nSPS) is 11.6. The summed E-state index contributed by atoms with van der Waals surface area (Å²) in [7, 11) is 0. The molecule has 2 rings (SSSR count). The van der Waals surface area contributed by atoms with Crippen LogP contribution in [0.3, 0.4) is 0 Å². The summed E-state index contributed by atoms with van der Waals surface area (Å²) in [5, 5.41) is 17.1. The number of rotatable bonds is 4. The van der Waals surface area contributed by atoms with Crippen molar-refractivity contribution in [2.75, 3.05) is 0 Å². The van der Waals surface area contributed by atoms with Gasteiger partial charge in [0.15, 0.2) is 11.6 Å². The molecule has 18 heavy (non-hydrogen) atoms. The number of aryl methyl sites for hydroxylation is 2. The van der Waals surface area contributed by atoms with E-state index in [0.29, 0.717) is 0 Å². The molecule has 6 nitrogen and oxygen atoms in total. The molecule has 0 aromatic carbocycles. The number of nitrogens with zero attached hydrogens (tertiary/aromatic N) is 6. The van der Waals surface area contributed by atoms with Gasteiger partial charge in [0.1, 0.15) is 0 Å². The van der Waals surface area contributed by atoms with Crippen molar-refractivity contribution in [1.82, 2.24) is 19.6 Å². The van der Waals surface area contributed by atoms with E-state index in [-0.39, 0.29) is 0 Å². The molecule has 0 saturated heterocycles. The van der Waals surface area contributed by atoms with Crippen LogP contribution in [0.15, 0.2) is 22.6 Å². The van der Waals surface area contributed by atoms with Gasteiger partial charge in [-0.1, -0.05) is 0 Å². The minimum absolute atomic E-state index is 0.779. The van der Waals surface area contributed by atoms with Crippen LogP contribution in [0.4, 0.5) is 11.6 Å². The molecule has 0 fully saturated rings. The molecule has 0 amide bonds. The summed E-state index contributed by atoms with van der Waals surface area (Å²) in [6.07, 6.45) is 3.58. The Hall–Kier alpha value is -0.520. The fourth-order valence-corrected chi connectivity index (χ4v) is 2.49. The molecular formula is C10H12I2N6.